The van der Waals surface area contributed by atoms with E-state index in [1.165, 1.54) is 24.2 Å². The fourth-order valence-electron chi connectivity index (χ4n) is 2.50. The highest BCUT2D eigenvalue weighted by molar-refractivity contribution is 5.86. The molecule has 0 aliphatic carbocycles. The number of nitrogens with zero attached hydrogens (tertiary/aromatic N) is 4. The van der Waals surface area contributed by atoms with Gasteiger partial charge in [-0.15, -0.1) is 0 Å². The maximum atomic E-state index is 11.0. The van der Waals surface area contributed by atoms with E-state index in [0.717, 1.165) is 25.1 Å². The van der Waals surface area contributed by atoms with E-state index < -0.39 is 5.97 Å². The summed E-state index contributed by atoms with van der Waals surface area (Å²) in [5, 5.41) is 22.6. The third kappa shape index (κ3) is 2.74. The smallest absolute Gasteiger partial charge is 0.354 e. The minimum atomic E-state index is -1.11. The van der Waals surface area contributed by atoms with Crippen LogP contribution >= 0.6 is 0 Å². The highest BCUT2D eigenvalue weighted by atomic mass is 16.4. The summed E-state index contributed by atoms with van der Waals surface area (Å²) in [7, 11) is 0. The molecule has 3 heterocycles. The SMILES string of the molecule is N#Cc1ccc(C(=O)O)nc1/C=C/c1cc2n(n1)CCCC2. The van der Waals surface area contributed by atoms with Crippen molar-refractivity contribution in [1.29, 1.82) is 5.26 Å². The minimum Gasteiger partial charge on any atom is -0.477 e. The average molecular weight is 294 g/mol. The lowest BCUT2D eigenvalue weighted by atomic mass is 10.1. The second-order valence-electron chi connectivity index (χ2n) is 5.12. The molecule has 6 heteroatoms. The van der Waals surface area contributed by atoms with Gasteiger partial charge in [0.1, 0.15) is 11.8 Å². The van der Waals surface area contributed by atoms with Crippen LogP contribution in [0.5, 0.6) is 0 Å². The van der Waals surface area contributed by atoms with Crippen molar-refractivity contribution in [1.82, 2.24) is 14.8 Å². The Bertz CT molecular complexity index is 775. The molecule has 0 aromatic carbocycles. The Kier molecular flexibility index (Phi) is 3.71. The molecule has 0 saturated carbocycles. The zero-order chi connectivity index (χ0) is 15.5. The first kappa shape index (κ1) is 14.0. The summed E-state index contributed by atoms with van der Waals surface area (Å²) in [6.07, 6.45) is 6.74. The summed E-state index contributed by atoms with van der Waals surface area (Å²) >= 11 is 0. The van der Waals surface area contributed by atoms with E-state index in [0.29, 0.717) is 11.3 Å². The number of fused-ring (bicyclic) bond motifs is 1. The maximum absolute atomic E-state index is 11.0. The van der Waals surface area contributed by atoms with Gasteiger partial charge in [-0.3, -0.25) is 4.68 Å². The van der Waals surface area contributed by atoms with Crippen molar-refractivity contribution < 1.29 is 9.90 Å². The van der Waals surface area contributed by atoms with Crippen molar-refractivity contribution in [2.24, 2.45) is 0 Å². The number of pyridine rings is 1. The molecule has 0 atom stereocenters. The van der Waals surface area contributed by atoms with Crippen molar-refractivity contribution in [3.8, 4) is 6.07 Å². The topological polar surface area (TPSA) is 91.8 Å². The predicted molar refractivity (Wildman–Crippen MR) is 80.0 cm³/mol. The zero-order valence-corrected chi connectivity index (χ0v) is 11.9. The van der Waals surface area contributed by atoms with Crippen LogP contribution in [0.15, 0.2) is 18.2 Å². The fraction of sp³-hybridized carbons (Fsp3) is 0.250. The summed E-state index contributed by atoms with van der Waals surface area (Å²) in [5.74, 6) is -1.11. The summed E-state index contributed by atoms with van der Waals surface area (Å²) in [6, 6.07) is 6.82. The van der Waals surface area contributed by atoms with Crippen LogP contribution in [0.3, 0.4) is 0 Å². The number of aromatic carboxylic acids is 1. The Morgan fingerprint density at radius 2 is 2.23 bits per heavy atom. The minimum absolute atomic E-state index is 0.0808. The average Bonchev–Trinajstić information content (AvgIpc) is 2.95. The van der Waals surface area contributed by atoms with E-state index in [-0.39, 0.29) is 5.69 Å². The number of carboxylic acid groups (broad SMARTS) is 1. The molecular formula is C16H14N4O2. The van der Waals surface area contributed by atoms with Crippen LogP contribution < -0.4 is 0 Å². The van der Waals surface area contributed by atoms with Crippen LogP contribution in [0, 0.1) is 11.3 Å². The molecule has 0 fully saturated rings. The van der Waals surface area contributed by atoms with Gasteiger partial charge in [-0.25, -0.2) is 9.78 Å². The molecule has 0 bridgehead atoms. The van der Waals surface area contributed by atoms with Crippen molar-refractivity contribution in [2.75, 3.05) is 0 Å². The first-order chi connectivity index (χ1) is 10.7. The van der Waals surface area contributed by atoms with Crippen molar-refractivity contribution in [3.63, 3.8) is 0 Å². The summed E-state index contributed by atoms with van der Waals surface area (Å²) in [5.41, 5.74) is 2.60. The number of aromatic nitrogens is 3. The normalized spacial score (nSPS) is 13.8. The zero-order valence-electron chi connectivity index (χ0n) is 11.9. The molecule has 22 heavy (non-hydrogen) atoms. The molecule has 2 aromatic heterocycles. The Morgan fingerprint density at radius 1 is 1.36 bits per heavy atom. The first-order valence-electron chi connectivity index (χ1n) is 7.06. The van der Waals surface area contributed by atoms with Gasteiger partial charge in [0.05, 0.1) is 17.0 Å². The van der Waals surface area contributed by atoms with Crippen LogP contribution in [0.2, 0.25) is 0 Å². The van der Waals surface area contributed by atoms with Gasteiger partial charge < -0.3 is 5.11 Å². The third-order valence-corrected chi connectivity index (χ3v) is 3.61. The van der Waals surface area contributed by atoms with Gasteiger partial charge in [-0.05, 0) is 49.6 Å². The Balaban J connectivity index is 1.91. The number of carbonyl (C=O) groups is 1. The molecule has 2 aromatic rings. The summed E-state index contributed by atoms with van der Waals surface area (Å²) in [4.78, 5) is 15.0. The molecule has 3 rings (SSSR count). The van der Waals surface area contributed by atoms with Gasteiger partial charge in [-0.2, -0.15) is 10.4 Å². The number of rotatable bonds is 3. The number of nitriles is 1. The van der Waals surface area contributed by atoms with E-state index in [9.17, 15) is 4.79 Å². The highest BCUT2D eigenvalue weighted by Gasteiger charge is 2.11. The van der Waals surface area contributed by atoms with Gasteiger partial charge in [0.2, 0.25) is 0 Å². The predicted octanol–water partition coefficient (Wildman–Crippen LogP) is 2.35. The van der Waals surface area contributed by atoms with Crippen LogP contribution in [-0.4, -0.2) is 25.8 Å². The lowest BCUT2D eigenvalue weighted by Crippen LogP contribution is -2.10. The number of aryl methyl sites for hydroxylation is 2. The molecule has 0 saturated heterocycles. The van der Waals surface area contributed by atoms with Crippen LogP contribution in [0.25, 0.3) is 12.2 Å². The summed E-state index contributed by atoms with van der Waals surface area (Å²) < 4.78 is 2.00. The lowest BCUT2D eigenvalue weighted by molar-refractivity contribution is 0.0690. The molecule has 1 aliphatic rings. The van der Waals surface area contributed by atoms with E-state index in [2.05, 4.69) is 10.1 Å². The standard InChI is InChI=1S/C16H14N4O2/c17-10-11-4-6-15(16(21)22)18-14(11)7-5-12-9-13-3-1-2-8-20(13)19-12/h4-7,9H,1-3,8H2,(H,21,22)/b7-5+. The molecule has 0 amide bonds. The van der Waals surface area contributed by atoms with Crippen molar-refractivity contribution in [3.05, 3.63) is 46.5 Å². The monoisotopic (exact) mass is 294 g/mol. The highest BCUT2D eigenvalue weighted by Crippen LogP contribution is 2.17. The number of hydrogen-bond acceptors (Lipinski definition) is 4. The molecule has 1 aliphatic heterocycles. The Labute approximate surface area is 127 Å². The Hall–Kier alpha value is -2.94. The van der Waals surface area contributed by atoms with Gasteiger partial charge in [0.15, 0.2) is 0 Å². The third-order valence-electron chi connectivity index (χ3n) is 3.61. The fourth-order valence-corrected chi connectivity index (χ4v) is 2.50. The first-order valence-corrected chi connectivity index (χ1v) is 7.06. The number of carboxylic acids is 1. The van der Waals surface area contributed by atoms with Crippen molar-refractivity contribution in [2.45, 2.75) is 25.8 Å². The van der Waals surface area contributed by atoms with E-state index >= 15 is 0 Å². The molecule has 0 radical (unpaired) electrons. The van der Waals surface area contributed by atoms with E-state index in [1.54, 1.807) is 12.2 Å². The lowest BCUT2D eigenvalue weighted by Gasteiger charge is -2.11. The van der Waals surface area contributed by atoms with Crippen LogP contribution in [-0.2, 0) is 13.0 Å². The quantitative estimate of drug-likeness (QED) is 0.938. The second kappa shape index (κ2) is 5.82. The molecular weight excluding hydrogens is 280 g/mol. The molecule has 110 valence electrons. The molecule has 0 spiro atoms. The van der Waals surface area contributed by atoms with Crippen molar-refractivity contribution >= 4 is 18.1 Å². The van der Waals surface area contributed by atoms with Crippen LogP contribution in [0.4, 0.5) is 0 Å². The molecule has 6 nitrogen and oxygen atoms in total. The Morgan fingerprint density at radius 3 is 2.95 bits per heavy atom. The van der Waals surface area contributed by atoms with Gasteiger partial charge in [-0.1, -0.05) is 0 Å². The maximum Gasteiger partial charge on any atom is 0.354 e. The van der Waals surface area contributed by atoms with E-state index in [1.807, 2.05) is 16.8 Å². The van der Waals surface area contributed by atoms with Gasteiger partial charge in [0, 0.05) is 12.2 Å². The van der Waals surface area contributed by atoms with Gasteiger partial charge >= 0.3 is 5.97 Å². The molecule has 1 N–H and O–H groups in total. The number of hydrogen-bond donors (Lipinski definition) is 1. The molecule has 0 unspecified atom stereocenters. The largest absolute Gasteiger partial charge is 0.477 e. The second-order valence-corrected chi connectivity index (χ2v) is 5.12. The van der Waals surface area contributed by atoms with E-state index in [4.69, 9.17) is 10.4 Å². The summed E-state index contributed by atoms with van der Waals surface area (Å²) in [6.45, 7) is 0.930. The van der Waals surface area contributed by atoms with Crippen LogP contribution in [0.1, 0.15) is 46.0 Å². The van der Waals surface area contributed by atoms with Gasteiger partial charge in [0.25, 0.3) is 0 Å².